The molecule has 0 aliphatic rings. The largest absolute Gasteiger partial charge is 0.462 e. The minimum absolute atomic E-state index is 0.0589. The van der Waals surface area contributed by atoms with Gasteiger partial charge in [-0.1, -0.05) is 403 Å². The van der Waals surface area contributed by atoms with Crippen molar-refractivity contribution in [1.29, 1.82) is 0 Å². The number of aliphatic hydroxyl groups is 1. The highest BCUT2D eigenvalue weighted by molar-refractivity contribution is 5.70. The Morgan fingerprint density at radius 2 is 0.482 bits per heavy atom. The van der Waals surface area contributed by atoms with E-state index in [4.69, 9.17) is 9.47 Å². The van der Waals surface area contributed by atoms with E-state index in [1.807, 2.05) is 0 Å². The van der Waals surface area contributed by atoms with Gasteiger partial charge in [0.25, 0.3) is 0 Å². The van der Waals surface area contributed by atoms with Gasteiger partial charge < -0.3 is 14.6 Å². The summed E-state index contributed by atoms with van der Waals surface area (Å²) in [5, 5.41) is 9.72. The molecule has 0 radical (unpaired) electrons. The second kappa shape index (κ2) is 74.4. The molecule has 490 valence electrons. The molecule has 1 N–H and O–H groups in total. The first-order chi connectivity index (χ1) is 41.1. The number of aliphatic hydroxyl groups excluding tert-OH is 1. The number of rotatable bonds is 72. The number of unbranched alkanes of at least 4 members (excludes halogenated alkanes) is 58. The molecule has 0 rings (SSSR count). The highest BCUT2D eigenvalue weighted by Crippen LogP contribution is 2.20. The molecule has 0 aromatic rings. The van der Waals surface area contributed by atoms with Crippen molar-refractivity contribution in [3.8, 4) is 0 Å². The first-order valence-electron chi connectivity index (χ1n) is 38.0. The maximum Gasteiger partial charge on any atom is 0.306 e. The van der Waals surface area contributed by atoms with Crippen molar-refractivity contribution in [2.75, 3.05) is 13.2 Å². The topological polar surface area (TPSA) is 72.8 Å². The first kappa shape index (κ1) is 81.1. The summed E-state index contributed by atoms with van der Waals surface area (Å²) in [6.45, 7) is 4.20. The number of hydrogen-bond acceptors (Lipinski definition) is 5. The molecule has 0 aliphatic heterocycles. The van der Waals surface area contributed by atoms with Gasteiger partial charge in [0.05, 0.1) is 6.61 Å². The highest BCUT2D eigenvalue weighted by Gasteiger charge is 2.16. The molecule has 0 aliphatic carbocycles. The molecule has 0 aromatic carbocycles. The molecule has 83 heavy (non-hydrogen) atoms. The summed E-state index contributed by atoms with van der Waals surface area (Å²) in [6.07, 6.45) is 99.3. The van der Waals surface area contributed by atoms with Crippen molar-refractivity contribution in [3.63, 3.8) is 0 Å². The van der Waals surface area contributed by atoms with Gasteiger partial charge in [-0.3, -0.25) is 9.59 Å². The Hall–Kier alpha value is -1.88. The van der Waals surface area contributed by atoms with Crippen LogP contribution in [0.3, 0.4) is 0 Å². The summed E-state index contributed by atoms with van der Waals surface area (Å²) in [7, 11) is 0. The minimum Gasteiger partial charge on any atom is -0.462 e. The van der Waals surface area contributed by atoms with Gasteiger partial charge in [-0.05, 0) is 51.4 Å². The van der Waals surface area contributed by atoms with Crippen LogP contribution in [0.15, 0.2) is 36.5 Å². The van der Waals surface area contributed by atoms with E-state index >= 15 is 0 Å². The fourth-order valence-electron chi connectivity index (χ4n) is 12.0. The lowest BCUT2D eigenvalue weighted by Gasteiger charge is -2.15. The molecule has 5 heteroatoms. The van der Waals surface area contributed by atoms with E-state index in [-0.39, 0.29) is 25.2 Å². The zero-order valence-electron chi connectivity index (χ0n) is 56.5. The number of carbonyl (C=O) groups is 2. The van der Waals surface area contributed by atoms with Gasteiger partial charge in [-0.25, -0.2) is 0 Å². The van der Waals surface area contributed by atoms with Crippen LogP contribution < -0.4 is 0 Å². The summed E-state index contributed by atoms with van der Waals surface area (Å²) in [5.74, 6) is -0.564. The maximum atomic E-state index is 12.4. The monoisotopic (exact) mass is 1170 g/mol. The number of esters is 2. The quantitative estimate of drug-likeness (QED) is 0.0373. The van der Waals surface area contributed by atoms with Crippen LogP contribution in [0, 0.1) is 0 Å². The summed E-state index contributed by atoms with van der Waals surface area (Å²) >= 11 is 0. The van der Waals surface area contributed by atoms with Crippen LogP contribution in [0.4, 0.5) is 0 Å². The van der Waals surface area contributed by atoms with Gasteiger partial charge in [0.15, 0.2) is 6.10 Å². The van der Waals surface area contributed by atoms with Crippen LogP contribution in [0.5, 0.6) is 0 Å². The Kier molecular flexibility index (Phi) is 72.7. The van der Waals surface area contributed by atoms with Crippen molar-refractivity contribution >= 4 is 11.9 Å². The Balaban J connectivity index is 3.37. The van der Waals surface area contributed by atoms with Crippen LogP contribution in [0.1, 0.15) is 431 Å². The molecule has 1 atom stereocenters. The van der Waals surface area contributed by atoms with E-state index in [0.717, 1.165) is 44.9 Å². The van der Waals surface area contributed by atoms with Crippen LogP contribution in [0.2, 0.25) is 0 Å². The van der Waals surface area contributed by atoms with Crippen molar-refractivity contribution in [2.45, 2.75) is 437 Å². The molecular weight excluding hydrogens is 1020 g/mol. The number of ether oxygens (including phenoxy) is 2. The Morgan fingerprint density at radius 3 is 0.723 bits per heavy atom. The second-order valence-electron chi connectivity index (χ2n) is 26.1. The lowest BCUT2D eigenvalue weighted by molar-refractivity contribution is -0.161. The third-order valence-electron chi connectivity index (χ3n) is 17.7. The second-order valence-corrected chi connectivity index (χ2v) is 26.1. The van der Waals surface area contributed by atoms with E-state index in [1.54, 1.807) is 0 Å². The molecule has 5 nitrogen and oxygen atoms in total. The molecule has 0 heterocycles. The molecule has 0 saturated heterocycles. The van der Waals surface area contributed by atoms with E-state index < -0.39 is 6.10 Å². The lowest BCUT2D eigenvalue weighted by Crippen LogP contribution is -2.28. The summed E-state index contributed by atoms with van der Waals surface area (Å²) in [5.41, 5.74) is 0. The van der Waals surface area contributed by atoms with Gasteiger partial charge in [0.2, 0.25) is 0 Å². The molecule has 0 saturated carbocycles. The van der Waals surface area contributed by atoms with Gasteiger partial charge in [0, 0.05) is 12.8 Å². The highest BCUT2D eigenvalue weighted by atomic mass is 16.6. The van der Waals surface area contributed by atoms with E-state index in [2.05, 4.69) is 50.3 Å². The third kappa shape index (κ3) is 72.5. The standard InChI is InChI=1S/C78H148O5/c1-3-5-7-9-11-13-15-17-19-21-23-25-27-29-31-33-35-37-38-39-41-42-44-46-48-50-52-54-56-58-60-62-64-66-68-70-72-77(80)82-75-76(74-79)83-78(81)73-71-69-67-65-63-61-59-57-55-53-51-49-47-45-43-40-36-34-32-30-28-26-24-22-20-18-16-14-12-10-8-6-4-2/h16,18,22,24,28,30,76,79H,3-15,17,19-21,23,25-27,29,31-75H2,1-2H3/b18-16-,24-22-,30-28-. The first-order valence-corrected chi connectivity index (χ1v) is 38.0. The molecule has 0 amide bonds. The van der Waals surface area contributed by atoms with Crippen LogP contribution in [-0.4, -0.2) is 36.4 Å². The molecule has 0 fully saturated rings. The number of hydrogen-bond donors (Lipinski definition) is 1. The summed E-state index contributed by atoms with van der Waals surface area (Å²) in [4.78, 5) is 24.7. The third-order valence-corrected chi connectivity index (χ3v) is 17.7. The van der Waals surface area contributed by atoms with Crippen molar-refractivity contribution in [2.24, 2.45) is 0 Å². The smallest absolute Gasteiger partial charge is 0.306 e. The van der Waals surface area contributed by atoms with Crippen LogP contribution in [0.25, 0.3) is 0 Å². The predicted molar refractivity (Wildman–Crippen MR) is 367 cm³/mol. The van der Waals surface area contributed by atoms with Gasteiger partial charge in [-0.2, -0.15) is 0 Å². The predicted octanol–water partition coefficient (Wildman–Crippen LogP) is 26.5. The van der Waals surface area contributed by atoms with E-state index in [9.17, 15) is 14.7 Å². The minimum atomic E-state index is -0.770. The Bertz CT molecular complexity index is 1320. The van der Waals surface area contributed by atoms with Crippen molar-refractivity contribution < 1.29 is 24.2 Å². The number of carbonyl (C=O) groups excluding carboxylic acids is 2. The lowest BCUT2D eigenvalue weighted by atomic mass is 10.0. The zero-order valence-corrected chi connectivity index (χ0v) is 56.5. The van der Waals surface area contributed by atoms with Gasteiger partial charge >= 0.3 is 11.9 Å². The molecular formula is C78H148O5. The number of allylic oxidation sites excluding steroid dienone is 6. The fraction of sp³-hybridized carbons (Fsp3) is 0.897. The maximum absolute atomic E-state index is 12.4. The molecule has 0 bridgehead atoms. The van der Waals surface area contributed by atoms with Crippen LogP contribution >= 0.6 is 0 Å². The van der Waals surface area contributed by atoms with Gasteiger partial charge in [-0.15, -0.1) is 0 Å². The molecule has 0 spiro atoms. The van der Waals surface area contributed by atoms with Crippen molar-refractivity contribution in [1.82, 2.24) is 0 Å². The Labute approximate surface area is 520 Å². The van der Waals surface area contributed by atoms with Crippen LogP contribution in [-0.2, 0) is 19.1 Å². The zero-order chi connectivity index (χ0) is 59.8. The van der Waals surface area contributed by atoms with Crippen molar-refractivity contribution in [3.05, 3.63) is 36.5 Å². The average molecular weight is 1170 g/mol. The fourth-order valence-corrected chi connectivity index (χ4v) is 12.0. The molecule has 1 unspecified atom stereocenters. The Morgan fingerprint density at radius 1 is 0.277 bits per heavy atom. The average Bonchev–Trinajstić information content (AvgIpc) is 3.49. The summed E-state index contributed by atoms with van der Waals surface area (Å²) < 4.78 is 10.8. The van der Waals surface area contributed by atoms with E-state index in [1.165, 1.54) is 360 Å². The van der Waals surface area contributed by atoms with E-state index in [0.29, 0.717) is 12.8 Å². The summed E-state index contributed by atoms with van der Waals surface area (Å²) in [6, 6.07) is 0. The SMILES string of the molecule is CCCCCCC/C=C\C/C=C\C/C=C\CCCCCCCCCCCCCCCCCCCCC(=O)OC(CO)COC(=O)CCCCCCCCCCCCCCCCCCCCCCCCCCCCCCCCCCCCCC. The van der Waals surface area contributed by atoms with Gasteiger partial charge in [0.1, 0.15) is 6.61 Å². The molecule has 0 aromatic heterocycles. The normalized spacial score (nSPS) is 12.3.